The Morgan fingerprint density at radius 2 is 2.00 bits per heavy atom. The summed E-state index contributed by atoms with van der Waals surface area (Å²) in [7, 11) is 0. The number of nitrogens with one attached hydrogen (secondary N) is 1. The van der Waals surface area contributed by atoms with Gasteiger partial charge in [-0.3, -0.25) is 0 Å². The van der Waals surface area contributed by atoms with Crippen LogP contribution in [0.25, 0.3) is 0 Å². The van der Waals surface area contributed by atoms with E-state index in [9.17, 15) is 5.26 Å². The number of allylic oxidation sites excluding steroid dienone is 3. The highest BCUT2D eigenvalue weighted by Gasteiger charge is 2.20. The molecular formula is C20H19ClN4S. The summed E-state index contributed by atoms with van der Waals surface area (Å²) in [6, 6.07) is 7.87. The number of hydrogen-bond donors (Lipinski definition) is 1. The molecule has 1 atom stereocenters. The van der Waals surface area contributed by atoms with E-state index in [1.807, 2.05) is 18.2 Å². The fourth-order valence-electron chi connectivity index (χ4n) is 3.22. The van der Waals surface area contributed by atoms with Gasteiger partial charge in [-0.25, -0.2) is 0 Å². The predicted molar refractivity (Wildman–Crippen MR) is 107 cm³/mol. The Balaban J connectivity index is 1.57. The van der Waals surface area contributed by atoms with E-state index in [-0.39, 0.29) is 5.38 Å². The van der Waals surface area contributed by atoms with Crippen LogP contribution in [0.1, 0.15) is 35.1 Å². The van der Waals surface area contributed by atoms with Crippen LogP contribution >= 0.6 is 23.8 Å². The number of hydrogen-bond acceptors (Lipinski definition) is 3. The Morgan fingerprint density at radius 1 is 1.27 bits per heavy atom. The number of fused-ring (bicyclic) bond motifs is 1. The first-order chi connectivity index (χ1) is 12.6. The first kappa shape index (κ1) is 18.5. The van der Waals surface area contributed by atoms with Crippen LogP contribution in [0.2, 0.25) is 0 Å². The Morgan fingerprint density at radius 3 is 2.65 bits per heavy atom. The molecule has 1 unspecified atom stereocenters. The minimum atomic E-state index is 0.112. The van der Waals surface area contributed by atoms with Gasteiger partial charge in [0.15, 0.2) is 5.11 Å². The third-order valence-corrected chi connectivity index (χ3v) is 5.42. The molecule has 1 aromatic rings. The Hall–Kier alpha value is -2.34. The van der Waals surface area contributed by atoms with E-state index in [4.69, 9.17) is 29.1 Å². The molecule has 2 aliphatic rings. The topological polar surface area (TPSA) is 62.9 Å². The molecule has 0 fully saturated rings. The summed E-state index contributed by atoms with van der Waals surface area (Å²) in [5, 5.41) is 22.5. The largest absolute Gasteiger partial charge is 0.362 e. The SMILES string of the molecule is N#Cc1cc2c(cc1C#N)CN(C(=S)NCCC1=CCC(Cl)C=C1)CC2. The van der Waals surface area contributed by atoms with Crippen molar-refractivity contribution in [1.29, 1.82) is 10.5 Å². The highest BCUT2D eigenvalue weighted by molar-refractivity contribution is 7.80. The van der Waals surface area contributed by atoms with Crippen LogP contribution in [0.5, 0.6) is 0 Å². The van der Waals surface area contributed by atoms with Gasteiger partial charge in [-0.05, 0) is 54.7 Å². The second kappa shape index (κ2) is 8.36. The van der Waals surface area contributed by atoms with Crippen molar-refractivity contribution in [3.63, 3.8) is 0 Å². The number of rotatable bonds is 3. The Kier molecular flexibility index (Phi) is 5.93. The lowest BCUT2D eigenvalue weighted by Crippen LogP contribution is -2.43. The maximum absolute atomic E-state index is 9.21. The number of benzene rings is 1. The summed E-state index contributed by atoms with van der Waals surface area (Å²) in [6.45, 7) is 2.26. The molecule has 0 amide bonds. The minimum absolute atomic E-state index is 0.112. The van der Waals surface area contributed by atoms with Gasteiger partial charge in [0.2, 0.25) is 0 Å². The van der Waals surface area contributed by atoms with Gasteiger partial charge in [-0.15, -0.1) is 11.6 Å². The van der Waals surface area contributed by atoms with Crippen LogP contribution in [-0.2, 0) is 13.0 Å². The van der Waals surface area contributed by atoms with Gasteiger partial charge in [0.25, 0.3) is 0 Å². The van der Waals surface area contributed by atoms with Gasteiger partial charge in [0.1, 0.15) is 12.1 Å². The summed E-state index contributed by atoms with van der Waals surface area (Å²) < 4.78 is 0. The fourth-order valence-corrected chi connectivity index (χ4v) is 3.64. The number of nitrogens with zero attached hydrogens (tertiary/aromatic N) is 3. The van der Waals surface area contributed by atoms with E-state index in [1.165, 1.54) is 5.57 Å². The summed E-state index contributed by atoms with van der Waals surface area (Å²) in [6.07, 6.45) is 8.90. The van der Waals surface area contributed by atoms with Crippen LogP contribution in [0.15, 0.2) is 35.9 Å². The molecular weight excluding hydrogens is 364 g/mol. The van der Waals surface area contributed by atoms with E-state index in [1.54, 1.807) is 0 Å². The van der Waals surface area contributed by atoms with Crippen molar-refractivity contribution in [3.8, 4) is 12.1 Å². The van der Waals surface area contributed by atoms with Crippen LogP contribution in [0, 0.1) is 22.7 Å². The van der Waals surface area contributed by atoms with Gasteiger partial charge in [-0.2, -0.15) is 10.5 Å². The first-order valence-corrected chi connectivity index (χ1v) is 9.45. The van der Waals surface area contributed by atoms with Gasteiger partial charge in [0.05, 0.1) is 16.5 Å². The van der Waals surface area contributed by atoms with Crippen molar-refractivity contribution >= 4 is 28.9 Å². The van der Waals surface area contributed by atoms with Gasteiger partial charge >= 0.3 is 0 Å². The molecule has 0 bridgehead atoms. The molecule has 1 heterocycles. The number of alkyl halides is 1. The van der Waals surface area contributed by atoms with E-state index in [0.29, 0.717) is 17.7 Å². The van der Waals surface area contributed by atoms with E-state index < -0.39 is 0 Å². The molecule has 0 radical (unpaired) electrons. The van der Waals surface area contributed by atoms with Gasteiger partial charge in [-0.1, -0.05) is 23.8 Å². The summed E-state index contributed by atoms with van der Waals surface area (Å²) in [5.74, 6) is 0. The molecule has 0 spiro atoms. The smallest absolute Gasteiger partial charge is 0.169 e. The summed E-state index contributed by atoms with van der Waals surface area (Å²) in [5.41, 5.74) is 4.37. The lowest BCUT2D eigenvalue weighted by atomic mass is 9.94. The average Bonchev–Trinajstić information content (AvgIpc) is 2.67. The molecule has 0 saturated heterocycles. The van der Waals surface area contributed by atoms with Crippen molar-refractivity contribution in [2.24, 2.45) is 0 Å². The molecule has 4 nitrogen and oxygen atoms in total. The number of thiocarbonyl (C=S) groups is 1. The molecule has 1 aliphatic carbocycles. The lowest BCUT2D eigenvalue weighted by Gasteiger charge is -2.31. The van der Waals surface area contributed by atoms with E-state index in [0.717, 1.165) is 48.6 Å². The molecule has 3 rings (SSSR count). The standard InChI is InChI=1S/C20H19ClN4S/c21-19-3-1-14(2-4-19)5-7-24-20(26)25-8-6-15-9-16(11-22)17(12-23)10-18(15)13-25/h1-3,9-10,19H,4-8,13H2,(H,24,26). The Bertz CT molecular complexity index is 860. The summed E-state index contributed by atoms with van der Waals surface area (Å²) in [4.78, 5) is 2.12. The monoisotopic (exact) mass is 382 g/mol. The van der Waals surface area contributed by atoms with Crippen LogP contribution in [0.3, 0.4) is 0 Å². The quantitative estimate of drug-likeness (QED) is 0.639. The van der Waals surface area contributed by atoms with E-state index in [2.05, 4.69) is 34.5 Å². The zero-order chi connectivity index (χ0) is 18.5. The molecule has 0 aromatic heterocycles. The van der Waals surface area contributed by atoms with Crippen LogP contribution < -0.4 is 5.32 Å². The van der Waals surface area contributed by atoms with E-state index >= 15 is 0 Å². The zero-order valence-electron chi connectivity index (χ0n) is 14.3. The fraction of sp³-hybridized carbons (Fsp3) is 0.350. The van der Waals surface area contributed by atoms with Crippen molar-refractivity contribution < 1.29 is 0 Å². The van der Waals surface area contributed by atoms with Crippen molar-refractivity contribution in [1.82, 2.24) is 10.2 Å². The second-order valence-electron chi connectivity index (χ2n) is 6.43. The normalized spacial score (nSPS) is 18.3. The predicted octanol–water partition coefficient (Wildman–Crippen LogP) is 3.55. The summed E-state index contributed by atoms with van der Waals surface area (Å²) >= 11 is 11.6. The first-order valence-electron chi connectivity index (χ1n) is 8.61. The lowest BCUT2D eigenvalue weighted by molar-refractivity contribution is 0.387. The highest BCUT2D eigenvalue weighted by Crippen LogP contribution is 2.23. The minimum Gasteiger partial charge on any atom is -0.362 e. The number of nitriles is 2. The third kappa shape index (κ3) is 4.25. The van der Waals surface area contributed by atoms with Gasteiger partial charge < -0.3 is 10.2 Å². The molecule has 0 saturated carbocycles. The highest BCUT2D eigenvalue weighted by atomic mass is 35.5. The van der Waals surface area contributed by atoms with Crippen LogP contribution in [0.4, 0.5) is 0 Å². The molecule has 6 heteroatoms. The zero-order valence-corrected chi connectivity index (χ0v) is 15.9. The molecule has 26 heavy (non-hydrogen) atoms. The molecule has 132 valence electrons. The average molecular weight is 383 g/mol. The van der Waals surface area contributed by atoms with Crippen molar-refractivity contribution in [3.05, 3.63) is 58.2 Å². The van der Waals surface area contributed by atoms with Gasteiger partial charge in [0, 0.05) is 19.6 Å². The second-order valence-corrected chi connectivity index (χ2v) is 7.38. The number of halogens is 1. The Labute approximate surface area is 164 Å². The maximum atomic E-state index is 9.21. The van der Waals surface area contributed by atoms with Crippen LogP contribution in [-0.4, -0.2) is 28.5 Å². The third-order valence-electron chi connectivity index (χ3n) is 4.69. The van der Waals surface area contributed by atoms with Crippen molar-refractivity contribution in [2.45, 2.75) is 31.2 Å². The molecule has 1 aromatic carbocycles. The maximum Gasteiger partial charge on any atom is 0.169 e. The molecule has 1 N–H and O–H groups in total. The van der Waals surface area contributed by atoms with Crippen molar-refractivity contribution in [2.75, 3.05) is 13.1 Å². The molecule has 1 aliphatic heterocycles.